The van der Waals surface area contributed by atoms with E-state index in [2.05, 4.69) is 22.7 Å². The summed E-state index contributed by atoms with van der Waals surface area (Å²) < 4.78 is 0. The molecule has 6 heteroatoms. The molecule has 0 radical (unpaired) electrons. The third-order valence-corrected chi connectivity index (χ3v) is 3.20. The second-order valence-corrected chi connectivity index (χ2v) is 4.05. The number of carboxylic acids is 1. The molecule has 0 atom stereocenters. The van der Waals surface area contributed by atoms with E-state index in [1.54, 1.807) is 20.8 Å². The van der Waals surface area contributed by atoms with E-state index in [-0.39, 0.29) is 5.56 Å². The van der Waals surface area contributed by atoms with Crippen molar-refractivity contribution >= 4 is 24.3 Å². The van der Waals surface area contributed by atoms with Gasteiger partial charge in [-0.2, -0.15) is 12.6 Å². The number of carboxylic acid groups (broad SMARTS) is 1. The first-order valence-corrected chi connectivity index (χ1v) is 5.60. The maximum atomic E-state index is 11.2. The number of aromatic carboxylic acids is 1. The van der Waals surface area contributed by atoms with Crippen LogP contribution >= 0.6 is 12.6 Å². The average Bonchev–Trinajstić information content (AvgIpc) is 2.24. The summed E-state index contributed by atoms with van der Waals surface area (Å²) in [6.07, 6.45) is 0. The summed E-state index contributed by atoms with van der Waals surface area (Å²) in [5.41, 5.74) is 11.9. The predicted molar refractivity (Wildman–Crippen MR) is 69.1 cm³/mol. The number of benzene rings is 1. The molecule has 0 aliphatic carbocycles. The second-order valence-electron chi connectivity index (χ2n) is 3.73. The Labute approximate surface area is 105 Å². The lowest BCUT2D eigenvalue weighted by Gasteiger charge is -2.16. The highest BCUT2D eigenvalue weighted by Crippen LogP contribution is 2.34. The van der Waals surface area contributed by atoms with Gasteiger partial charge in [0.2, 0.25) is 0 Å². The van der Waals surface area contributed by atoms with Gasteiger partial charge in [-0.15, -0.1) is 0 Å². The van der Waals surface area contributed by atoms with Gasteiger partial charge in [0, 0.05) is 16.4 Å². The smallest absolute Gasteiger partial charge is 0.336 e. The Morgan fingerprint density at radius 3 is 2.35 bits per heavy atom. The lowest BCUT2D eigenvalue weighted by Crippen LogP contribution is -2.07. The molecule has 0 saturated heterocycles. The lowest BCUT2D eigenvalue weighted by atomic mass is 9.92. The average molecular weight is 251 g/mol. The number of azide groups is 1. The highest BCUT2D eigenvalue weighted by atomic mass is 32.1. The molecular weight excluding hydrogens is 238 g/mol. The lowest BCUT2D eigenvalue weighted by molar-refractivity contribution is 0.0695. The summed E-state index contributed by atoms with van der Waals surface area (Å²) in [4.78, 5) is 14.0. The molecule has 5 nitrogen and oxygen atoms in total. The van der Waals surface area contributed by atoms with Gasteiger partial charge in [0.25, 0.3) is 0 Å². The van der Waals surface area contributed by atoms with Crippen molar-refractivity contribution < 1.29 is 9.90 Å². The normalized spacial score (nSPS) is 9.88. The Hall–Kier alpha value is -1.65. The van der Waals surface area contributed by atoms with Crippen molar-refractivity contribution in [3.63, 3.8) is 0 Å². The van der Waals surface area contributed by atoms with Gasteiger partial charge in [0.05, 0.1) is 5.56 Å². The minimum atomic E-state index is -1.02. The largest absolute Gasteiger partial charge is 0.478 e. The highest BCUT2D eigenvalue weighted by molar-refractivity contribution is 7.79. The first-order chi connectivity index (χ1) is 7.95. The second kappa shape index (κ2) is 5.12. The summed E-state index contributed by atoms with van der Waals surface area (Å²) >= 11 is 4.19. The van der Waals surface area contributed by atoms with Gasteiger partial charge in [-0.25, -0.2) is 4.79 Å². The van der Waals surface area contributed by atoms with E-state index in [0.29, 0.717) is 22.6 Å². The predicted octanol–water partition coefficient (Wildman–Crippen LogP) is 3.68. The Bertz CT molecular complexity index is 505. The molecular formula is C11H13N3O2S. The zero-order chi connectivity index (χ0) is 13.2. The summed E-state index contributed by atoms with van der Waals surface area (Å²) in [5.74, 6) is -0.607. The van der Waals surface area contributed by atoms with E-state index in [4.69, 9.17) is 5.53 Å². The standard InChI is InChI=1S/C11H13N3O2S/c1-5-8(4-17)6(2)10(13-14-12)7(3)9(5)11(15)16/h17H,4H2,1-3H3,(H,15,16). The molecule has 0 heterocycles. The summed E-state index contributed by atoms with van der Waals surface area (Å²) in [6.45, 7) is 5.20. The third kappa shape index (κ3) is 2.23. The van der Waals surface area contributed by atoms with Gasteiger partial charge in [-0.05, 0) is 48.6 Å². The Morgan fingerprint density at radius 1 is 1.35 bits per heavy atom. The van der Waals surface area contributed by atoms with Crippen molar-refractivity contribution in [1.29, 1.82) is 0 Å². The van der Waals surface area contributed by atoms with Gasteiger partial charge in [-0.3, -0.25) is 0 Å². The fraction of sp³-hybridized carbons (Fsp3) is 0.364. The molecule has 0 spiro atoms. The number of carbonyl (C=O) groups is 1. The van der Waals surface area contributed by atoms with Crippen LogP contribution in [0.2, 0.25) is 0 Å². The molecule has 1 rings (SSSR count). The number of thiol groups is 1. The fourth-order valence-corrected chi connectivity index (χ4v) is 2.48. The summed E-state index contributed by atoms with van der Waals surface area (Å²) in [5, 5.41) is 12.8. The minimum absolute atomic E-state index is 0.196. The summed E-state index contributed by atoms with van der Waals surface area (Å²) in [7, 11) is 0. The van der Waals surface area contributed by atoms with E-state index in [1.165, 1.54) is 0 Å². The molecule has 0 aliphatic rings. The molecule has 1 aromatic rings. The van der Waals surface area contributed by atoms with Crippen LogP contribution in [0.5, 0.6) is 0 Å². The van der Waals surface area contributed by atoms with Crippen LogP contribution in [0.3, 0.4) is 0 Å². The van der Waals surface area contributed by atoms with Crippen LogP contribution in [0.15, 0.2) is 5.11 Å². The number of nitrogens with zero attached hydrogens (tertiary/aromatic N) is 3. The molecule has 17 heavy (non-hydrogen) atoms. The topological polar surface area (TPSA) is 86.1 Å². The molecule has 0 saturated carbocycles. The molecule has 1 N–H and O–H groups in total. The van der Waals surface area contributed by atoms with Gasteiger partial charge in [0.15, 0.2) is 0 Å². The zero-order valence-electron chi connectivity index (χ0n) is 9.85. The van der Waals surface area contributed by atoms with Crippen LogP contribution in [-0.2, 0) is 5.75 Å². The van der Waals surface area contributed by atoms with E-state index < -0.39 is 5.97 Å². The Kier molecular flexibility index (Phi) is 4.04. The van der Waals surface area contributed by atoms with Crippen molar-refractivity contribution in [3.05, 3.63) is 38.3 Å². The maximum Gasteiger partial charge on any atom is 0.336 e. The van der Waals surface area contributed by atoms with E-state index in [1.807, 2.05) is 0 Å². The van der Waals surface area contributed by atoms with Crippen LogP contribution in [0, 0.1) is 20.8 Å². The number of hydrogen-bond donors (Lipinski definition) is 2. The minimum Gasteiger partial charge on any atom is -0.478 e. The van der Waals surface area contributed by atoms with Gasteiger partial charge < -0.3 is 5.11 Å². The third-order valence-electron chi connectivity index (χ3n) is 2.88. The van der Waals surface area contributed by atoms with Crippen LogP contribution in [0.4, 0.5) is 5.69 Å². The van der Waals surface area contributed by atoms with Crippen LogP contribution < -0.4 is 0 Å². The molecule has 0 aliphatic heterocycles. The van der Waals surface area contributed by atoms with Gasteiger partial charge in [0.1, 0.15) is 0 Å². The van der Waals surface area contributed by atoms with E-state index in [9.17, 15) is 9.90 Å². The van der Waals surface area contributed by atoms with E-state index in [0.717, 1.165) is 11.1 Å². The molecule has 1 aromatic carbocycles. The zero-order valence-corrected chi connectivity index (χ0v) is 10.7. The highest BCUT2D eigenvalue weighted by Gasteiger charge is 2.19. The molecule has 90 valence electrons. The van der Waals surface area contributed by atoms with Crippen molar-refractivity contribution in [1.82, 2.24) is 0 Å². The Balaban J connectivity index is 3.81. The monoisotopic (exact) mass is 251 g/mol. The number of hydrogen-bond acceptors (Lipinski definition) is 3. The van der Waals surface area contributed by atoms with Crippen molar-refractivity contribution in [3.8, 4) is 0 Å². The quantitative estimate of drug-likeness (QED) is 0.371. The maximum absolute atomic E-state index is 11.2. The van der Waals surface area contributed by atoms with Crippen LogP contribution in [-0.4, -0.2) is 11.1 Å². The first-order valence-electron chi connectivity index (χ1n) is 4.97. The Morgan fingerprint density at radius 2 is 1.94 bits per heavy atom. The molecule has 0 unspecified atom stereocenters. The van der Waals surface area contributed by atoms with Crippen LogP contribution in [0.25, 0.3) is 10.4 Å². The number of rotatable bonds is 3. The molecule has 0 aromatic heterocycles. The SMILES string of the molecule is Cc1c(CS)c(C)c(C(=O)O)c(C)c1N=[N+]=[N-]. The first kappa shape index (κ1) is 13.4. The fourth-order valence-electron chi connectivity index (χ4n) is 2.01. The van der Waals surface area contributed by atoms with E-state index >= 15 is 0 Å². The van der Waals surface area contributed by atoms with Crippen molar-refractivity contribution in [2.24, 2.45) is 5.11 Å². The van der Waals surface area contributed by atoms with Crippen LogP contribution in [0.1, 0.15) is 32.6 Å². The van der Waals surface area contributed by atoms with Crippen molar-refractivity contribution in [2.45, 2.75) is 26.5 Å². The van der Waals surface area contributed by atoms with Gasteiger partial charge in [-0.1, -0.05) is 5.11 Å². The molecule has 0 bridgehead atoms. The summed E-state index contributed by atoms with van der Waals surface area (Å²) in [6, 6.07) is 0. The molecule has 0 amide bonds. The van der Waals surface area contributed by atoms with Crippen molar-refractivity contribution in [2.75, 3.05) is 0 Å². The molecule has 0 fully saturated rings. The van der Waals surface area contributed by atoms with Gasteiger partial charge >= 0.3 is 5.97 Å².